The molecule has 7 heteroatoms. The Labute approximate surface area is 155 Å². The molecule has 0 fully saturated rings. The number of aryl methyl sites for hydroxylation is 2. The van der Waals surface area contributed by atoms with Crippen LogP contribution in [0, 0.1) is 3.57 Å². The molecule has 3 aromatic rings. The number of nitrogens with one attached hydrogen (secondary N) is 1. The number of fused-ring (bicyclic) bond motifs is 3. The van der Waals surface area contributed by atoms with Crippen LogP contribution in [0.25, 0.3) is 10.2 Å². The minimum atomic E-state index is -0.228. The molecule has 0 atom stereocenters. The SMILES string of the molecule is O=C(Cn1cnc2sc3c(c2c1=O)CCC3)Nc1ccccc1I. The molecule has 1 N–H and O–H groups in total. The maximum absolute atomic E-state index is 12.8. The first-order chi connectivity index (χ1) is 11.6. The summed E-state index contributed by atoms with van der Waals surface area (Å²) in [6.45, 7) is -0.0304. The summed E-state index contributed by atoms with van der Waals surface area (Å²) < 4.78 is 2.36. The van der Waals surface area contributed by atoms with E-state index in [0.717, 1.165) is 38.9 Å². The minimum absolute atomic E-state index is 0.0304. The van der Waals surface area contributed by atoms with Gasteiger partial charge in [0.15, 0.2) is 0 Å². The number of amides is 1. The van der Waals surface area contributed by atoms with Gasteiger partial charge in [-0.15, -0.1) is 11.3 Å². The number of para-hydroxylation sites is 1. The van der Waals surface area contributed by atoms with Crippen LogP contribution in [0.2, 0.25) is 0 Å². The van der Waals surface area contributed by atoms with Crippen molar-refractivity contribution in [2.24, 2.45) is 0 Å². The lowest BCUT2D eigenvalue weighted by molar-refractivity contribution is -0.116. The number of anilines is 1. The first-order valence-corrected chi connectivity index (χ1v) is 9.57. The van der Waals surface area contributed by atoms with Crippen LogP contribution in [0.1, 0.15) is 16.9 Å². The van der Waals surface area contributed by atoms with Crippen LogP contribution in [-0.4, -0.2) is 15.5 Å². The zero-order valence-corrected chi connectivity index (χ0v) is 15.7. The summed E-state index contributed by atoms with van der Waals surface area (Å²) >= 11 is 3.77. The fourth-order valence-electron chi connectivity index (χ4n) is 3.04. The molecule has 24 heavy (non-hydrogen) atoms. The maximum atomic E-state index is 12.8. The number of carbonyl (C=O) groups excluding carboxylic acids is 1. The minimum Gasteiger partial charge on any atom is -0.324 e. The van der Waals surface area contributed by atoms with Gasteiger partial charge < -0.3 is 5.32 Å². The quantitative estimate of drug-likeness (QED) is 0.623. The van der Waals surface area contributed by atoms with E-state index in [1.54, 1.807) is 11.3 Å². The van der Waals surface area contributed by atoms with Gasteiger partial charge in [-0.1, -0.05) is 12.1 Å². The van der Waals surface area contributed by atoms with Gasteiger partial charge in [-0.05, 0) is 59.5 Å². The lowest BCUT2D eigenvalue weighted by Crippen LogP contribution is -2.28. The summed E-state index contributed by atoms with van der Waals surface area (Å²) in [5.41, 5.74) is 1.78. The number of carbonyl (C=O) groups is 1. The second kappa shape index (κ2) is 6.29. The highest BCUT2D eigenvalue weighted by Gasteiger charge is 2.21. The molecule has 5 nitrogen and oxygen atoms in total. The zero-order valence-electron chi connectivity index (χ0n) is 12.7. The first kappa shape index (κ1) is 15.8. The van der Waals surface area contributed by atoms with E-state index >= 15 is 0 Å². The number of aromatic nitrogens is 2. The van der Waals surface area contributed by atoms with Crippen molar-refractivity contribution in [3.63, 3.8) is 0 Å². The summed E-state index contributed by atoms with van der Waals surface area (Å²) in [6, 6.07) is 7.55. The summed E-state index contributed by atoms with van der Waals surface area (Å²) in [7, 11) is 0. The molecule has 0 unspecified atom stereocenters. The first-order valence-electron chi connectivity index (χ1n) is 7.67. The molecule has 1 aliphatic carbocycles. The summed E-state index contributed by atoms with van der Waals surface area (Å²) in [4.78, 5) is 31.5. The third kappa shape index (κ3) is 2.75. The fourth-order valence-corrected chi connectivity index (χ4v) is 4.78. The van der Waals surface area contributed by atoms with Gasteiger partial charge in [0.25, 0.3) is 5.56 Å². The van der Waals surface area contributed by atoms with Crippen LogP contribution < -0.4 is 10.9 Å². The molecule has 0 spiro atoms. The Kier molecular flexibility index (Phi) is 4.13. The second-order valence-corrected chi connectivity index (χ2v) is 7.99. The van der Waals surface area contributed by atoms with Crippen molar-refractivity contribution in [1.29, 1.82) is 0 Å². The van der Waals surface area contributed by atoms with Crippen LogP contribution in [0.5, 0.6) is 0 Å². The van der Waals surface area contributed by atoms with Crippen LogP contribution in [-0.2, 0) is 24.2 Å². The number of thiophene rings is 1. The Morgan fingerprint density at radius 1 is 1.33 bits per heavy atom. The summed E-state index contributed by atoms with van der Waals surface area (Å²) in [6.07, 6.45) is 4.54. The summed E-state index contributed by atoms with van der Waals surface area (Å²) in [5.74, 6) is -0.228. The van der Waals surface area contributed by atoms with Gasteiger partial charge in [-0.2, -0.15) is 0 Å². The van der Waals surface area contributed by atoms with Crippen molar-refractivity contribution in [3.8, 4) is 0 Å². The molecule has 0 saturated carbocycles. The van der Waals surface area contributed by atoms with Gasteiger partial charge in [-0.3, -0.25) is 14.2 Å². The smallest absolute Gasteiger partial charge is 0.262 e. The Bertz CT molecular complexity index is 1010. The van der Waals surface area contributed by atoms with Gasteiger partial charge in [-0.25, -0.2) is 4.98 Å². The van der Waals surface area contributed by atoms with Crippen molar-refractivity contribution < 1.29 is 4.79 Å². The van der Waals surface area contributed by atoms with E-state index in [1.165, 1.54) is 15.8 Å². The van der Waals surface area contributed by atoms with Gasteiger partial charge in [0.2, 0.25) is 5.91 Å². The van der Waals surface area contributed by atoms with E-state index in [-0.39, 0.29) is 18.0 Å². The van der Waals surface area contributed by atoms with Gasteiger partial charge in [0.1, 0.15) is 11.4 Å². The molecule has 1 amide bonds. The average Bonchev–Trinajstić information content (AvgIpc) is 3.13. The van der Waals surface area contributed by atoms with E-state index in [9.17, 15) is 9.59 Å². The highest BCUT2D eigenvalue weighted by atomic mass is 127. The fraction of sp³-hybridized carbons (Fsp3) is 0.235. The van der Waals surface area contributed by atoms with Crippen molar-refractivity contribution in [1.82, 2.24) is 9.55 Å². The molecule has 0 bridgehead atoms. The highest BCUT2D eigenvalue weighted by Crippen LogP contribution is 2.34. The molecule has 0 aliphatic heterocycles. The predicted molar refractivity (Wildman–Crippen MR) is 104 cm³/mol. The Hall–Kier alpha value is -1.74. The normalized spacial score (nSPS) is 13.2. The van der Waals surface area contributed by atoms with E-state index < -0.39 is 0 Å². The zero-order chi connectivity index (χ0) is 16.7. The Morgan fingerprint density at radius 3 is 3.00 bits per heavy atom. The van der Waals surface area contributed by atoms with Crippen LogP contribution >= 0.6 is 33.9 Å². The lowest BCUT2D eigenvalue weighted by Gasteiger charge is -2.09. The Morgan fingerprint density at radius 2 is 2.17 bits per heavy atom. The van der Waals surface area contributed by atoms with Crippen molar-refractivity contribution in [2.75, 3.05) is 5.32 Å². The number of hydrogen-bond donors (Lipinski definition) is 1. The van der Waals surface area contributed by atoms with E-state index in [2.05, 4.69) is 32.9 Å². The monoisotopic (exact) mass is 451 g/mol. The van der Waals surface area contributed by atoms with Crippen LogP contribution in [0.15, 0.2) is 35.4 Å². The van der Waals surface area contributed by atoms with E-state index in [0.29, 0.717) is 5.39 Å². The van der Waals surface area contributed by atoms with E-state index in [4.69, 9.17) is 0 Å². The second-order valence-electron chi connectivity index (χ2n) is 5.74. The van der Waals surface area contributed by atoms with E-state index in [1.807, 2.05) is 24.3 Å². The maximum Gasteiger partial charge on any atom is 0.262 e. The predicted octanol–water partition coefficient (Wildman–Crippen LogP) is 3.19. The highest BCUT2D eigenvalue weighted by molar-refractivity contribution is 14.1. The third-order valence-electron chi connectivity index (χ3n) is 4.15. The lowest BCUT2D eigenvalue weighted by atomic mass is 10.2. The van der Waals surface area contributed by atoms with Crippen molar-refractivity contribution in [2.45, 2.75) is 25.8 Å². The number of benzene rings is 1. The molecule has 0 radical (unpaired) electrons. The molecular weight excluding hydrogens is 437 g/mol. The van der Waals surface area contributed by atoms with Crippen molar-refractivity contribution >= 4 is 55.7 Å². The molecule has 122 valence electrons. The molecule has 2 aromatic heterocycles. The topological polar surface area (TPSA) is 64.0 Å². The number of hydrogen-bond acceptors (Lipinski definition) is 4. The molecule has 1 aromatic carbocycles. The largest absolute Gasteiger partial charge is 0.324 e. The third-order valence-corrected chi connectivity index (χ3v) is 6.29. The van der Waals surface area contributed by atoms with Gasteiger partial charge in [0, 0.05) is 8.45 Å². The standard InChI is InChI=1S/C17H14IN3O2S/c18-11-5-1-2-6-12(11)20-14(22)8-21-9-19-16-15(17(21)23)10-4-3-7-13(10)24-16/h1-2,5-6,9H,3-4,7-8H2,(H,20,22). The number of rotatable bonds is 3. The molecular formula is C17H14IN3O2S. The molecule has 1 aliphatic rings. The van der Waals surface area contributed by atoms with Gasteiger partial charge >= 0.3 is 0 Å². The summed E-state index contributed by atoms with van der Waals surface area (Å²) in [5, 5.41) is 3.55. The average molecular weight is 451 g/mol. The van der Waals surface area contributed by atoms with Crippen molar-refractivity contribution in [3.05, 3.63) is 55.0 Å². The van der Waals surface area contributed by atoms with Crippen LogP contribution in [0.3, 0.4) is 0 Å². The van der Waals surface area contributed by atoms with Crippen LogP contribution in [0.4, 0.5) is 5.69 Å². The number of nitrogens with zero attached hydrogens (tertiary/aromatic N) is 2. The molecule has 0 saturated heterocycles. The molecule has 2 heterocycles. The van der Waals surface area contributed by atoms with Gasteiger partial charge in [0.05, 0.1) is 17.4 Å². The molecule has 4 rings (SSSR count). The Balaban J connectivity index is 1.63. The number of halogens is 1.